The van der Waals surface area contributed by atoms with E-state index in [-0.39, 0.29) is 12.7 Å². The van der Waals surface area contributed by atoms with Crippen LogP contribution in [-0.4, -0.2) is 31.7 Å². The van der Waals surface area contributed by atoms with Gasteiger partial charge in [0.1, 0.15) is 10.0 Å². The number of thioether (sulfide) groups is 1. The minimum absolute atomic E-state index is 0.114. The van der Waals surface area contributed by atoms with E-state index in [1.54, 1.807) is 16.2 Å². The fraction of sp³-hybridized carbons (Fsp3) is 0.0800. The third-order valence-corrected chi connectivity index (χ3v) is 7.71. The third kappa shape index (κ3) is 3.91. The van der Waals surface area contributed by atoms with Gasteiger partial charge in [0.05, 0.1) is 22.0 Å². The Morgan fingerprint density at radius 1 is 1.06 bits per heavy atom. The number of carbonyl (C=O) groups is 1. The largest absolute Gasteiger partial charge is 0.454 e. The number of para-hydroxylation sites is 1. The molecule has 2 aromatic carbocycles. The zero-order valence-electron chi connectivity index (χ0n) is 17.7. The maximum atomic E-state index is 13.3. The van der Waals surface area contributed by atoms with Gasteiger partial charge in [0, 0.05) is 11.8 Å². The van der Waals surface area contributed by atoms with Crippen molar-refractivity contribution in [3.8, 4) is 27.8 Å². The van der Waals surface area contributed by atoms with E-state index in [2.05, 4.69) is 0 Å². The van der Waals surface area contributed by atoms with Crippen LogP contribution in [0.2, 0.25) is 0 Å². The maximum absolute atomic E-state index is 13.3. The first-order valence-corrected chi connectivity index (χ1v) is 12.6. The number of hydrogen-bond donors (Lipinski definition) is 0. The molecule has 34 heavy (non-hydrogen) atoms. The molecule has 2 aliphatic rings. The summed E-state index contributed by atoms with van der Waals surface area (Å²) >= 11 is 8.48. The number of nitrogens with zero attached hydrogens (tertiary/aromatic N) is 3. The van der Waals surface area contributed by atoms with E-state index in [1.165, 1.54) is 11.8 Å². The van der Waals surface area contributed by atoms with Crippen LogP contribution in [0.15, 0.2) is 77.1 Å². The standard InChI is InChI=1S/C25H17N3O3S3/c29-24-22(34-25(32)27(24)13-16-8-9-19-20(11-16)31-15-30-19)12-17-14-28(18-5-2-1-3-6-18)26-23(17)21-7-4-10-33-21/h1-12,14H,13,15H2. The van der Waals surface area contributed by atoms with E-state index in [0.29, 0.717) is 27.3 Å². The van der Waals surface area contributed by atoms with Gasteiger partial charge < -0.3 is 9.47 Å². The molecule has 2 aliphatic heterocycles. The molecule has 0 spiro atoms. The molecule has 9 heteroatoms. The highest BCUT2D eigenvalue weighted by atomic mass is 32.2. The van der Waals surface area contributed by atoms with Gasteiger partial charge in [0.25, 0.3) is 5.91 Å². The monoisotopic (exact) mass is 503 g/mol. The SMILES string of the molecule is O=C1C(=Cc2cn(-c3ccccc3)nc2-c2cccs2)SC(=S)N1Cc1ccc2c(c1)OCO2. The smallest absolute Gasteiger partial charge is 0.266 e. The van der Waals surface area contributed by atoms with Crippen LogP contribution < -0.4 is 9.47 Å². The van der Waals surface area contributed by atoms with E-state index in [9.17, 15) is 4.79 Å². The second-order valence-electron chi connectivity index (χ2n) is 7.65. The van der Waals surface area contributed by atoms with Crippen molar-refractivity contribution in [2.75, 3.05) is 6.79 Å². The number of hydrogen-bond acceptors (Lipinski definition) is 7. The number of thiophene rings is 1. The molecule has 0 aliphatic carbocycles. The molecule has 6 rings (SSSR count). The molecule has 2 aromatic heterocycles. The summed E-state index contributed by atoms with van der Waals surface area (Å²) in [5.74, 6) is 1.29. The third-order valence-electron chi connectivity index (χ3n) is 5.46. The lowest BCUT2D eigenvalue weighted by molar-refractivity contribution is -0.122. The van der Waals surface area contributed by atoms with Crippen molar-refractivity contribution in [3.05, 3.63) is 88.3 Å². The van der Waals surface area contributed by atoms with Gasteiger partial charge in [-0.3, -0.25) is 9.69 Å². The average molecular weight is 504 g/mol. The van der Waals surface area contributed by atoms with Crippen LogP contribution in [-0.2, 0) is 11.3 Å². The van der Waals surface area contributed by atoms with Crippen molar-refractivity contribution in [1.82, 2.24) is 14.7 Å². The van der Waals surface area contributed by atoms with Crippen LogP contribution in [0.5, 0.6) is 11.5 Å². The Labute approximate surface area is 209 Å². The minimum Gasteiger partial charge on any atom is -0.454 e. The Bertz CT molecular complexity index is 1430. The molecule has 0 N–H and O–H groups in total. The molecular weight excluding hydrogens is 486 g/mol. The predicted octanol–water partition coefficient (Wildman–Crippen LogP) is 5.73. The summed E-state index contributed by atoms with van der Waals surface area (Å²) in [5.41, 5.74) is 3.59. The van der Waals surface area contributed by atoms with Gasteiger partial charge >= 0.3 is 0 Å². The summed E-state index contributed by atoms with van der Waals surface area (Å²) in [5, 5.41) is 6.84. The molecule has 0 radical (unpaired) electrons. The van der Waals surface area contributed by atoms with Gasteiger partial charge in [-0.25, -0.2) is 4.68 Å². The first kappa shape index (κ1) is 21.2. The Kier molecular flexibility index (Phi) is 5.44. The molecule has 6 nitrogen and oxygen atoms in total. The van der Waals surface area contributed by atoms with E-state index in [0.717, 1.165) is 27.4 Å². The number of carbonyl (C=O) groups excluding carboxylic acids is 1. The van der Waals surface area contributed by atoms with Crippen molar-refractivity contribution in [3.63, 3.8) is 0 Å². The van der Waals surface area contributed by atoms with Crippen molar-refractivity contribution >= 4 is 51.6 Å². The van der Waals surface area contributed by atoms with Crippen molar-refractivity contribution in [2.45, 2.75) is 6.54 Å². The van der Waals surface area contributed by atoms with Crippen molar-refractivity contribution in [2.24, 2.45) is 0 Å². The highest BCUT2D eigenvalue weighted by Gasteiger charge is 2.33. The topological polar surface area (TPSA) is 56.6 Å². The van der Waals surface area contributed by atoms with Gasteiger partial charge in [0.2, 0.25) is 6.79 Å². The summed E-state index contributed by atoms with van der Waals surface area (Å²) in [6.45, 7) is 0.589. The highest BCUT2D eigenvalue weighted by Crippen LogP contribution is 2.38. The number of thiocarbonyl (C=S) groups is 1. The fourth-order valence-electron chi connectivity index (χ4n) is 3.81. The number of ether oxygens (including phenoxy) is 2. The molecule has 1 fully saturated rings. The summed E-state index contributed by atoms with van der Waals surface area (Å²) < 4.78 is 13.2. The molecule has 1 amide bonds. The number of fused-ring (bicyclic) bond motifs is 1. The summed E-state index contributed by atoms with van der Waals surface area (Å²) in [7, 11) is 0. The van der Waals surface area contributed by atoms with Gasteiger partial charge in [-0.05, 0) is 47.4 Å². The number of amides is 1. The van der Waals surface area contributed by atoms with Crippen molar-refractivity contribution < 1.29 is 14.3 Å². The molecule has 168 valence electrons. The normalized spacial score (nSPS) is 16.1. The predicted molar refractivity (Wildman–Crippen MR) is 138 cm³/mol. The van der Waals surface area contributed by atoms with E-state index in [4.69, 9.17) is 26.8 Å². The lowest BCUT2D eigenvalue weighted by Gasteiger charge is -2.14. The molecule has 0 unspecified atom stereocenters. The summed E-state index contributed by atoms with van der Waals surface area (Å²) in [6.07, 6.45) is 3.84. The summed E-state index contributed by atoms with van der Waals surface area (Å²) in [4.78, 5) is 16.5. The van der Waals surface area contributed by atoms with Crippen LogP contribution in [0.4, 0.5) is 0 Å². The minimum atomic E-state index is -0.114. The van der Waals surface area contributed by atoms with Gasteiger partial charge in [-0.15, -0.1) is 11.3 Å². The van der Waals surface area contributed by atoms with Crippen LogP contribution in [0.1, 0.15) is 11.1 Å². The molecule has 4 aromatic rings. The fourth-order valence-corrected chi connectivity index (χ4v) is 5.79. The van der Waals surface area contributed by atoms with Crippen LogP contribution in [0.25, 0.3) is 22.3 Å². The first-order chi connectivity index (χ1) is 16.7. The highest BCUT2D eigenvalue weighted by molar-refractivity contribution is 8.26. The molecule has 1 saturated heterocycles. The number of aromatic nitrogens is 2. The number of benzene rings is 2. The zero-order valence-corrected chi connectivity index (χ0v) is 20.2. The zero-order chi connectivity index (χ0) is 23.1. The Balaban J connectivity index is 1.32. The van der Waals surface area contributed by atoms with Crippen LogP contribution in [0.3, 0.4) is 0 Å². The lowest BCUT2D eigenvalue weighted by atomic mass is 10.2. The molecular formula is C25H17N3O3S3. The molecule has 0 saturated carbocycles. The second-order valence-corrected chi connectivity index (χ2v) is 10.3. The molecule has 0 atom stereocenters. The lowest BCUT2D eigenvalue weighted by Crippen LogP contribution is -2.27. The quantitative estimate of drug-likeness (QED) is 0.256. The van der Waals surface area contributed by atoms with E-state index in [1.807, 2.05) is 83.0 Å². The molecule has 0 bridgehead atoms. The Morgan fingerprint density at radius 3 is 2.74 bits per heavy atom. The summed E-state index contributed by atoms with van der Waals surface area (Å²) in [6, 6.07) is 19.6. The average Bonchev–Trinajstić information content (AvgIpc) is 3.65. The van der Waals surface area contributed by atoms with Gasteiger partial charge in [-0.1, -0.05) is 54.3 Å². The van der Waals surface area contributed by atoms with E-state index >= 15 is 0 Å². The Morgan fingerprint density at radius 2 is 1.91 bits per heavy atom. The van der Waals surface area contributed by atoms with Crippen LogP contribution >= 0.6 is 35.3 Å². The molecule has 4 heterocycles. The first-order valence-electron chi connectivity index (χ1n) is 10.5. The van der Waals surface area contributed by atoms with E-state index < -0.39 is 0 Å². The second kappa shape index (κ2) is 8.75. The van der Waals surface area contributed by atoms with Crippen LogP contribution in [0, 0.1) is 0 Å². The number of rotatable bonds is 5. The maximum Gasteiger partial charge on any atom is 0.266 e. The van der Waals surface area contributed by atoms with Crippen molar-refractivity contribution in [1.29, 1.82) is 0 Å². The van der Waals surface area contributed by atoms with Gasteiger partial charge in [0.15, 0.2) is 11.5 Å². The Hall–Kier alpha value is -3.40. The van der Waals surface area contributed by atoms with Gasteiger partial charge in [-0.2, -0.15) is 5.10 Å².